The lowest BCUT2D eigenvalue weighted by atomic mass is 10.1. The van der Waals surface area contributed by atoms with Gasteiger partial charge >= 0.3 is 0 Å². The molecule has 0 bridgehead atoms. The predicted octanol–water partition coefficient (Wildman–Crippen LogP) is 3.89. The normalized spacial score (nSPS) is 10.9. The van der Waals surface area contributed by atoms with Crippen LogP contribution in [0.3, 0.4) is 0 Å². The number of aromatic nitrogens is 2. The summed E-state index contributed by atoms with van der Waals surface area (Å²) < 4.78 is 0. The molecule has 2 aromatic carbocycles. The number of nitrogens with zero attached hydrogens (tertiary/aromatic N) is 1. The number of nitrogens with one attached hydrogen (secondary N) is 2. The number of hydrogen-bond donors (Lipinski definition) is 2. The van der Waals surface area contributed by atoms with E-state index in [1.165, 1.54) is 11.3 Å². The Bertz CT molecular complexity index is 1180. The smallest absolute Gasteiger partial charge is 0.263 e. The minimum absolute atomic E-state index is 0.164. The zero-order valence-corrected chi connectivity index (χ0v) is 15.5. The van der Waals surface area contributed by atoms with Crippen LogP contribution in [0.1, 0.15) is 20.9 Å². The largest absolute Gasteiger partial charge is 0.347 e. The summed E-state index contributed by atoms with van der Waals surface area (Å²) in [4.78, 5) is 32.7. The van der Waals surface area contributed by atoms with Crippen molar-refractivity contribution in [1.29, 1.82) is 0 Å². The average Bonchev–Trinajstić information content (AvgIpc) is 3.08. The van der Waals surface area contributed by atoms with Crippen LogP contribution in [-0.4, -0.2) is 15.9 Å². The van der Waals surface area contributed by atoms with Gasteiger partial charge in [0.15, 0.2) is 0 Å². The van der Waals surface area contributed by atoms with Crippen molar-refractivity contribution in [2.24, 2.45) is 0 Å². The van der Waals surface area contributed by atoms with Crippen molar-refractivity contribution in [3.8, 4) is 10.6 Å². The van der Waals surface area contributed by atoms with Crippen molar-refractivity contribution in [2.75, 3.05) is 0 Å². The lowest BCUT2D eigenvalue weighted by Crippen LogP contribution is -2.26. The zero-order valence-electron chi connectivity index (χ0n) is 14.7. The molecule has 0 atom stereocenters. The molecule has 0 saturated carbocycles. The monoisotopic (exact) mass is 375 g/mol. The molecule has 0 saturated heterocycles. The van der Waals surface area contributed by atoms with E-state index in [4.69, 9.17) is 0 Å². The molecule has 0 spiro atoms. The minimum Gasteiger partial charge on any atom is -0.347 e. The quantitative estimate of drug-likeness (QED) is 0.568. The fraction of sp³-hybridized carbons (Fsp3) is 0.0952. The Labute approximate surface area is 159 Å². The standard InChI is InChI=1S/C21H17N3O2S/c1-13-18(27-21(23-13)14-7-3-2-4-8-14)20(26)22-12-16-11-15-9-5-6-10-17(15)24-19(16)25/h2-11H,12H2,1H3,(H,22,26)(H,24,25). The molecular formula is C21H17N3O2S. The molecule has 5 nitrogen and oxygen atoms in total. The van der Waals surface area contributed by atoms with Gasteiger partial charge in [-0.3, -0.25) is 9.59 Å². The van der Waals surface area contributed by atoms with E-state index >= 15 is 0 Å². The van der Waals surface area contributed by atoms with E-state index in [2.05, 4.69) is 15.3 Å². The van der Waals surface area contributed by atoms with Crippen molar-refractivity contribution in [3.05, 3.63) is 87.2 Å². The fourth-order valence-corrected chi connectivity index (χ4v) is 3.88. The maximum Gasteiger partial charge on any atom is 0.263 e. The molecule has 0 unspecified atom stereocenters. The van der Waals surface area contributed by atoms with E-state index in [9.17, 15) is 9.59 Å². The minimum atomic E-state index is -0.222. The van der Waals surface area contributed by atoms with Crippen molar-refractivity contribution < 1.29 is 4.79 Å². The van der Waals surface area contributed by atoms with E-state index in [1.54, 1.807) is 0 Å². The highest BCUT2D eigenvalue weighted by molar-refractivity contribution is 7.17. The summed E-state index contributed by atoms with van der Waals surface area (Å²) in [6.45, 7) is 1.98. The number of aromatic amines is 1. The Morgan fingerprint density at radius 3 is 2.67 bits per heavy atom. The van der Waals surface area contributed by atoms with E-state index < -0.39 is 0 Å². The molecule has 0 fully saturated rings. The molecule has 4 aromatic rings. The molecule has 0 aliphatic carbocycles. The number of amides is 1. The van der Waals surface area contributed by atoms with Crippen LogP contribution in [-0.2, 0) is 6.54 Å². The third kappa shape index (κ3) is 3.52. The number of carbonyl (C=O) groups excluding carboxylic acids is 1. The maximum atomic E-state index is 12.6. The Hall–Kier alpha value is -3.25. The summed E-state index contributed by atoms with van der Waals surface area (Å²) in [6.07, 6.45) is 0. The van der Waals surface area contributed by atoms with Gasteiger partial charge in [0.2, 0.25) is 0 Å². The SMILES string of the molecule is Cc1nc(-c2ccccc2)sc1C(=O)NCc1cc2ccccc2[nH]c1=O. The van der Waals surface area contributed by atoms with Gasteiger partial charge in [-0.1, -0.05) is 48.5 Å². The summed E-state index contributed by atoms with van der Waals surface area (Å²) in [6, 6.07) is 19.1. The van der Waals surface area contributed by atoms with Crippen LogP contribution in [0.15, 0.2) is 65.5 Å². The second-order valence-corrected chi connectivity index (χ2v) is 7.19. The van der Waals surface area contributed by atoms with E-state index in [0.717, 1.165) is 21.5 Å². The van der Waals surface area contributed by atoms with Crippen LogP contribution in [0.5, 0.6) is 0 Å². The number of hydrogen-bond acceptors (Lipinski definition) is 4. The first-order valence-corrected chi connectivity index (χ1v) is 9.35. The van der Waals surface area contributed by atoms with Crippen molar-refractivity contribution in [3.63, 3.8) is 0 Å². The molecule has 0 aliphatic rings. The number of pyridine rings is 1. The van der Waals surface area contributed by atoms with Gasteiger partial charge < -0.3 is 10.3 Å². The number of H-pyrrole nitrogens is 1. The van der Waals surface area contributed by atoms with Crippen LogP contribution in [0, 0.1) is 6.92 Å². The Balaban J connectivity index is 1.54. The molecule has 27 heavy (non-hydrogen) atoms. The molecule has 134 valence electrons. The molecule has 2 heterocycles. The van der Waals surface area contributed by atoms with Crippen molar-refractivity contribution >= 4 is 28.1 Å². The summed E-state index contributed by atoms with van der Waals surface area (Å²) >= 11 is 1.35. The van der Waals surface area contributed by atoms with Crippen LogP contribution in [0.2, 0.25) is 0 Å². The lowest BCUT2D eigenvalue weighted by Gasteiger charge is -2.05. The van der Waals surface area contributed by atoms with Crippen molar-refractivity contribution in [1.82, 2.24) is 15.3 Å². The van der Waals surface area contributed by atoms with Gasteiger partial charge in [-0.2, -0.15) is 0 Å². The summed E-state index contributed by atoms with van der Waals surface area (Å²) in [5.41, 5.74) is 2.77. The maximum absolute atomic E-state index is 12.6. The zero-order chi connectivity index (χ0) is 18.8. The van der Waals surface area contributed by atoms with Gasteiger partial charge in [0.1, 0.15) is 9.88 Å². The third-order valence-electron chi connectivity index (χ3n) is 4.29. The molecule has 0 radical (unpaired) electrons. The first kappa shape index (κ1) is 17.2. The highest BCUT2D eigenvalue weighted by atomic mass is 32.1. The average molecular weight is 375 g/mol. The van der Waals surface area contributed by atoms with Gasteiger partial charge in [-0.15, -0.1) is 11.3 Å². The van der Waals surface area contributed by atoms with Crippen LogP contribution < -0.4 is 10.9 Å². The first-order chi connectivity index (χ1) is 13.1. The topological polar surface area (TPSA) is 74.8 Å². The van der Waals surface area contributed by atoms with E-state index in [-0.39, 0.29) is 18.0 Å². The second kappa shape index (κ2) is 7.17. The molecule has 2 N–H and O–H groups in total. The first-order valence-electron chi connectivity index (χ1n) is 8.54. The highest BCUT2D eigenvalue weighted by Gasteiger charge is 2.16. The number of para-hydroxylation sites is 1. The summed E-state index contributed by atoms with van der Waals surface area (Å²) in [5.74, 6) is -0.222. The van der Waals surface area contributed by atoms with Gasteiger partial charge in [-0.05, 0) is 24.4 Å². The molecule has 0 aliphatic heterocycles. The molecule has 4 rings (SSSR count). The van der Waals surface area contributed by atoms with Gasteiger partial charge in [0.25, 0.3) is 11.5 Å². The predicted molar refractivity (Wildman–Crippen MR) is 108 cm³/mol. The number of fused-ring (bicyclic) bond motifs is 1. The summed E-state index contributed by atoms with van der Waals surface area (Å²) in [7, 11) is 0. The summed E-state index contributed by atoms with van der Waals surface area (Å²) in [5, 5.41) is 4.58. The van der Waals surface area contributed by atoms with Gasteiger partial charge in [-0.25, -0.2) is 4.98 Å². The van der Waals surface area contributed by atoms with Crippen LogP contribution >= 0.6 is 11.3 Å². The van der Waals surface area contributed by atoms with Gasteiger partial charge in [0.05, 0.1) is 5.69 Å². The Kier molecular flexibility index (Phi) is 4.56. The van der Waals surface area contributed by atoms with Gasteiger partial charge in [0, 0.05) is 23.2 Å². The van der Waals surface area contributed by atoms with Crippen LogP contribution in [0.25, 0.3) is 21.5 Å². The second-order valence-electron chi connectivity index (χ2n) is 6.19. The molecular weight excluding hydrogens is 358 g/mol. The number of aryl methyl sites for hydroxylation is 1. The number of thiazole rings is 1. The molecule has 2 aromatic heterocycles. The van der Waals surface area contributed by atoms with Crippen LogP contribution in [0.4, 0.5) is 0 Å². The lowest BCUT2D eigenvalue weighted by molar-refractivity contribution is 0.0954. The highest BCUT2D eigenvalue weighted by Crippen LogP contribution is 2.27. The Morgan fingerprint density at radius 2 is 1.85 bits per heavy atom. The number of rotatable bonds is 4. The van der Waals surface area contributed by atoms with E-state index in [0.29, 0.717) is 16.1 Å². The molecule has 6 heteroatoms. The number of benzene rings is 2. The third-order valence-corrected chi connectivity index (χ3v) is 5.50. The number of carbonyl (C=O) groups is 1. The Morgan fingerprint density at radius 1 is 1.11 bits per heavy atom. The fourth-order valence-electron chi connectivity index (χ4n) is 2.89. The van der Waals surface area contributed by atoms with Crippen molar-refractivity contribution in [2.45, 2.75) is 13.5 Å². The molecule has 1 amide bonds. The van der Waals surface area contributed by atoms with E-state index in [1.807, 2.05) is 67.6 Å².